The van der Waals surface area contributed by atoms with E-state index in [2.05, 4.69) is 15.6 Å². The normalized spacial score (nSPS) is 15.3. The van der Waals surface area contributed by atoms with Crippen LogP contribution in [0.1, 0.15) is 31.4 Å². The fourth-order valence-electron chi connectivity index (χ4n) is 2.29. The molecule has 2 rings (SSSR count). The second-order valence-corrected chi connectivity index (χ2v) is 5.51. The average Bonchev–Trinajstić information content (AvgIpc) is 3.14. The van der Waals surface area contributed by atoms with Gasteiger partial charge >= 0.3 is 0 Å². The van der Waals surface area contributed by atoms with Gasteiger partial charge in [-0.05, 0) is 25.0 Å². The number of amides is 1. The lowest BCUT2D eigenvalue weighted by molar-refractivity contribution is -0.127. The topological polar surface area (TPSA) is 69.9 Å². The number of furan rings is 1. The Balaban J connectivity index is 0.00000242. The number of nitrogens with zero attached hydrogens (tertiary/aromatic N) is 2. The van der Waals surface area contributed by atoms with Gasteiger partial charge in [-0.25, -0.2) is 4.99 Å². The van der Waals surface area contributed by atoms with E-state index in [9.17, 15) is 4.79 Å². The Bertz CT molecular complexity index is 468. The van der Waals surface area contributed by atoms with Crippen molar-refractivity contribution in [2.24, 2.45) is 4.99 Å². The monoisotopic (exact) mass is 420 g/mol. The van der Waals surface area contributed by atoms with Crippen molar-refractivity contribution in [1.82, 2.24) is 15.5 Å². The summed E-state index contributed by atoms with van der Waals surface area (Å²) in [6.07, 6.45) is 6.46. The van der Waals surface area contributed by atoms with Crippen molar-refractivity contribution in [3.63, 3.8) is 0 Å². The molecule has 1 heterocycles. The molecule has 0 aromatic carbocycles. The Morgan fingerprint density at radius 2 is 2.14 bits per heavy atom. The molecule has 0 spiro atoms. The van der Waals surface area contributed by atoms with Crippen LogP contribution in [0.3, 0.4) is 0 Å². The maximum atomic E-state index is 11.7. The number of hydrogen-bond acceptors (Lipinski definition) is 3. The summed E-state index contributed by atoms with van der Waals surface area (Å²) >= 11 is 0. The summed E-state index contributed by atoms with van der Waals surface area (Å²) in [7, 11) is 3.47. The van der Waals surface area contributed by atoms with Crippen LogP contribution in [0.5, 0.6) is 0 Å². The SMILES string of the molecule is CN(C)C(=O)CN=C(NCc1ccco1)NC1CCCC1.I. The Hall–Kier alpha value is -1.25. The number of carbonyl (C=O) groups excluding carboxylic acids is 1. The summed E-state index contributed by atoms with van der Waals surface area (Å²) in [5.74, 6) is 1.50. The third-order valence-corrected chi connectivity index (χ3v) is 3.58. The fourth-order valence-corrected chi connectivity index (χ4v) is 2.29. The minimum absolute atomic E-state index is 0. The molecule has 1 aromatic heterocycles. The maximum absolute atomic E-state index is 11.7. The minimum Gasteiger partial charge on any atom is -0.467 e. The fraction of sp³-hybridized carbons (Fsp3) is 0.600. The summed E-state index contributed by atoms with van der Waals surface area (Å²) in [6, 6.07) is 4.21. The van der Waals surface area contributed by atoms with Gasteiger partial charge in [-0.3, -0.25) is 4.79 Å². The van der Waals surface area contributed by atoms with Crippen LogP contribution in [0, 0.1) is 0 Å². The van der Waals surface area contributed by atoms with E-state index >= 15 is 0 Å². The van der Waals surface area contributed by atoms with Gasteiger partial charge in [0.25, 0.3) is 0 Å². The molecule has 1 aliphatic carbocycles. The zero-order valence-corrected chi connectivity index (χ0v) is 15.5. The lowest BCUT2D eigenvalue weighted by Crippen LogP contribution is -2.42. The number of aliphatic imine (C=N–C) groups is 1. The molecule has 0 aliphatic heterocycles. The van der Waals surface area contributed by atoms with E-state index in [-0.39, 0.29) is 36.4 Å². The van der Waals surface area contributed by atoms with Crippen molar-refractivity contribution < 1.29 is 9.21 Å². The summed E-state index contributed by atoms with van der Waals surface area (Å²) in [4.78, 5) is 17.6. The van der Waals surface area contributed by atoms with E-state index in [0.29, 0.717) is 18.5 Å². The minimum atomic E-state index is -0.0134. The number of halogens is 1. The van der Waals surface area contributed by atoms with E-state index in [1.165, 1.54) is 12.8 Å². The second-order valence-electron chi connectivity index (χ2n) is 5.51. The predicted octanol–water partition coefficient (Wildman–Crippen LogP) is 1.96. The van der Waals surface area contributed by atoms with E-state index in [0.717, 1.165) is 18.6 Å². The van der Waals surface area contributed by atoms with Crippen molar-refractivity contribution in [2.45, 2.75) is 38.3 Å². The molecule has 0 atom stereocenters. The van der Waals surface area contributed by atoms with Crippen molar-refractivity contribution in [3.8, 4) is 0 Å². The molecule has 2 N–H and O–H groups in total. The highest BCUT2D eigenvalue weighted by atomic mass is 127. The highest BCUT2D eigenvalue weighted by Crippen LogP contribution is 2.17. The second kappa shape index (κ2) is 9.70. The molecule has 1 fully saturated rings. The average molecular weight is 420 g/mol. The smallest absolute Gasteiger partial charge is 0.243 e. The van der Waals surface area contributed by atoms with Crippen LogP contribution in [0.2, 0.25) is 0 Å². The first-order chi connectivity index (χ1) is 10.1. The maximum Gasteiger partial charge on any atom is 0.243 e. The molecular formula is C15H25IN4O2. The van der Waals surface area contributed by atoms with Gasteiger partial charge in [-0.2, -0.15) is 0 Å². The van der Waals surface area contributed by atoms with Crippen LogP contribution in [0.4, 0.5) is 0 Å². The lowest BCUT2D eigenvalue weighted by Gasteiger charge is -2.17. The molecule has 0 radical (unpaired) electrons. The Morgan fingerprint density at radius 1 is 1.41 bits per heavy atom. The van der Waals surface area contributed by atoms with Crippen LogP contribution < -0.4 is 10.6 Å². The van der Waals surface area contributed by atoms with Crippen LogP contribution in [0.15, 0.2) is 27.8 Å². The number of hydrogen-bond donors (Lipinski definition) is 2. The van der Waals surface area contributed by atoms with Gasteiger partial charge in [0.05, 0.1) is 12.8 Å². The first-order valence-corrected chi connectivity index (χ1v) is 7.42. The number of likely N-dealkylation sites (N-methyl/N-ethyl adjacent to an activating group) is 1. The third kappa shape index (κ3) is 6.25. The molecule has 6 nitrogen and oxygen atoms in total. The van der Waals surface area contributed by atoms with E-state index < -0.39 is 0 Å². The van der Waals surface area contributed by atoms with Crippen molar-refractivity contribution >= 4 is 35.8 Å². The number of rotatable bonds is 5. The third-order valence-electron chi connectivity index (χ3n) is 3.58. The molecule has 0 unspecified atom stereocenters. The number of nitrogens with one attached hydrogen (secondary N) is 2. The molecule has 1 saturated carbocycles. The molecule has 124 valence electrons. The van der Waals surface area contributed by atoms with E-state index in [1.807, 2.05) is 12.1 Å². The lowest BCUT2D eigenvalue weighted by atomic mass is 10.2. The molecule has 1 aromatic rings. The number of carbonyl (C=O) groups is 1. The van der Waals surface area contributed by atoms with Crippen LogP contribution in [0.25, 0.3) is 0 Å². The zero-order valence-electron chi connectivity index (χ0n) is 13.2. The summed E-state index contributed by atoms with van der Waals surface area (Å²) in [6.45, 7) is 0.703. The predicted molar refractivity (Wildman–Crippen MR) is 97.4 cm³/mol. The Labute approximate surface area is 148 Å². The molecule has 0 bridgehead atoms. The van der Waals surface area contributed by atoms with E-state index in [4.69, 9.17) is 4.42 Å². The molecule has 1 aliphatic rings. The summed E-state index contributed by atoms with van der Waals surface area (Å²) in [5.41, 5.74) is 0. The molecule has 22 heavy (non-hydrogen) atoms. The van der Waals surface area contributed by atoms with Gasteiger partial charge in [0, 0.05) is 20.1 Å². The Kier molecular flexibility index (Phi) is 8.29. The largest absolute Gasteiger partial charge is 0.467 e. The summed E-state index contributed by atoms with van der Waals surface area (Å²) < 4.78 is 5.30. The van der Waals surface area contributed by atoms with Gasteiger partial charge in [0.2, 0.25) is 5.91 Å². The van der Waals surface area contributed by atoms with Gasteiger partial charge in [-0.1, -0.05) is 12.8 Å². The number of guanidine groups is 1. The Morgan fingerprint density at radius 3 is 2.73 bits per heavy atom. The van der Waals surface area contributed by atoms with Crippen LogP contribution >= 0.6 is 24.0 Å². The van der Waals surface area contributed by atoms with Crippen molar-refractivity contribution in [3.05, 3.63) is 24.2 Å². The van der Waals surface area contributed by atoms with Gasteiger partial charge < -0.3 is 20.0 Å². The van der Waals surface area contributed by atoms with Crippen molar-refractivity contribution in [1.29, 1.82) is 0 Å². The zero-order chi connectivity index (χ0) is 15.1. The highest BCUT2D eigenvalue weighted by Gasteiger charge is 2.16. The summed E-state index contributed by atoms with van der Waals surface area (Å²) in [5, 5.41) is 6.62. The molecule has 1 amide bonds. The van der Waals surface area contributed by atoms with Gasteiger partial charge in [0.15, 0.2) is 5.96 Å². The van der Waals surface area contributed by atoms with Crippen LogP contribution in [-0.4, -0.2) is 43.4 Å². The standard InChI is InChI=1S/C15H24N4O2.HI/c1-19(2)14(20)11-17-15(18-12-6-3-4-7-12)16-10-13-8-5-9-21-13;/h5,8-9,12H,3-4,6-7,10-11H2,1-2H3,(H2,16,17,18);1H. The first kappa shape index (κ1) is 18.8. The quantitative estimate of drug-likeness (QED) is 0.434. The van der Waals surface area contributed by atoms with Crippen molar-refractivity contribution in [2.75, 3.05) is 20.6 Å². The van der Waals surface area contributed by atoms with Gasteiger partial charge in [-0.15, -0.1) is 24.0 Å². The van der Waals surface area contributed by atoms with Crippen LogP contribution in [-0.2, 0) is 11.3 Å². The van der Waals surface area contributed by atoms with E-state index in [1.54, 1.807) is 25.3 Å². The molecule has 7 heteroatoms. The van der Waals surface area contributed by atoms with Gasteiger partial charge in [0.1, 0.15) is 12.3 Å². The highest BCUT2D eigenvalue weighted by molar-refractivity contribution is 14.0. The molecular weight excluding hydrogens is 395 g/mol. The molecule has 0 saturated heterocycles. The first-order valence-electron chi connectivity index (χ1n) is 7.42.